The zero-order valence-electron chi connectivity index (χ0n) is 12.9. The van der Waals surface area contributed by atoms with Crippen LogP contribution in [0.2, 0.25) is 0 Å². The maximum absolute atomic E-state index is 12.4. The fraction of sp³-hybridized carbons (Fsp3) is 0.611. The molecule has 3 nitrogen and oxygen atoms in total. The van der Waals surface area contributed by atoms with Crippen LogP contribution in [0.3, 0.4) is 0 Å². The number of carbonyl (C=O) groups is 1. The molecule has 0 bridgehead atoms. The molecule has 3 heteroatoms. The molecule has 0 aromatic heterocycles. The van der Waals surface area contributed by atoms with Gasteiger partial charge in [-0.1, -0.05) is 24.3 Å². The molecule has 3 rings (SSSR count). The predicted molar refractivity (Wildman–Crippen MR) is 85.2 cm³/mol. The van der Waals surface area contributed by atoms with Crippen LogP contribution in [0.1, 0.15) is 37.3 Å². The van der Waals surface area contributed by atoms with Crippen LogP contribution in [0, 0.1) is 11.8 Å². The summed E-state index contributed by atoms with van der Waals surface area (Å²) < 4.78 is 0. The molecular weight excluding hydrogens is 260 g/mol. The highest BCUT2D eigenvalue weighted by atomic mass is 16.1. The van der Waals surface area contributed by atoms with Crippen LogP contribution >= 0.6 is 0 Å². The van der Waals surface area contributed by atoms with Gasteiger partial charge in [-0.05, 0) is 62.6 Å². The molecule has 21 heavy (non-hydrogen) atoms. The van der Waals surface area contributed by atoms with E-state index in [-0.39, 0.29) is 11.8 Å². The van der Waals surface area contributed by atoms with E-state index >= 15 is 0 Å². The van der Waals surface area contributed by atoms with Crippen LogP contribution < -0.4 is 10.6 Å². The van der Waals surface area contributed by atoms with E-state index in [1.807, 2.05) is 0 Å². The van der Waals surface area contributed by atoms with Gasteiger partial charge in [0.05, 0.1) is 0 Å². The number of hydrogen-bond donors (Lipinski definition) is 2. The number of piperidine rings is 1. The van der Waals surface area contributed by atoms with Gasteiger partial charge in [-0.2, -0.15) is 0 Å². The zero-order valence-corrected chi connectivity index (χ0v) is 12.9. The van der Waals surface area contributed by atoms with Crippen molar-refractivity contribution in [1.82, 2.24) is 10.6 Å². The smallest absolute Gasteiger partial charge is 0.223 e. The van der Waals surface area contributed by atoms with Crippen LogP contribution in [-0.4, -0.2) is 25.0 Å². The lowest BCUT2D eigenvalue weighted by Gasteiger charge is -2.29. The van der Waals surface area contributed by atoms with Gasteiger partial charge in [0.2, 0.25) is 5.91 Å². The van der Waals surface area contributed by atoms with Gasteiger partial charge in [0.15, 0.2) is 0 Å². The minimum absolute atomic E-state index is 0.162. The summed E-state index contributed by atoms with van der Waals surface area (Å²) in [5.41, 5.74) is 2.78. The summed E-state index contributed by atoms with van der Waals surface area (Å²) in [4.78, 5) is 12.4. The highest BCUT2D eigenvalue weighted by Crippen LogP contribution is 2.25. The van der Waals surface area contributed by atoms with Crippen molar-refractivity contribution in [1.29, 1.82) is 0 Å². The molecule has 1 aliphatic heterocycles. The number of fused-ring (bicyclic) bond motifs is 1. The van der Waals surface area contributed by atoms with Crippen LogP contribution in [0.4, 0.5) is 0 Å². The van der Waals surface area contributed by atoms with E-state index in [9.17, 15) is 4.79 Å². The number of carbonyl (C=O) groups excluding carboxylic acids is 1. The number of rotatable bonds is 3. The first-order chi connectivity index (χ1) is 10.2. The highest BCUT2D eigenvalue weighted by molar-refractivity contribution is 5.79. The van der Waals surface area contributed by atoms with Crippen LogP contribution in [0.15, 0.2) is 24.3 Å². The molecule has 114 valence electrons. The van der Waals surface area contributed by atoms with E-state index in [0.717, 1.165) is 32.4 Å². The molecule has 3 unspecified atom stereocenters. The Morgan fingerprint density at radius 2 is 2.05 bits per heavy atom. The maximum atomic E-state index is 12.4. The average Bonchev–Trinajstić information content (AvgIpc) is 2.53. The highest BCUT2D eigenvalue weighted by Gasteiger charge is 2.25. The molecule has 1 heterocycles. The molecular formula is C18H26N2O. The quantitative estimate of drug-likeness (QED) is 0.895. The number of benzene rings is 1. The van der Waals surface area contributed by atoms with E-state index in [1.165, 1.54) is 24.0 Å². The second kappa shape index (κ2) is 6.61. The Hall–Kier alpha value is -1.35. The van der Waals surface area contributed by atoms with Crippen LogP contribution in [0.5, 0.6) is 0 Å². The maximum Gasteiger partial charge on any atom is 0.223 e. The Balaban J connectivity index is 1.48. The van der Waals surface area contributed by atoms with Gasteiger partial charge in [-0.25, -0.2) is 0 Å². The first-order valence-corrected chi connectivity index (χ1v) is 8.30. The van der Waals surface area contributed by atoms with Crippen molar-refractivity contribution in [2.45, 2.75) is 45.1 Å². The van der Waals surface area contributed by atoms with Crippen molar-refractivity contribution < 1.29 is 4.79 Å². The number of nitrogens with one attached hydrogen (secondary N) is 2. The largest absolute Gasteiger partial charge is 0.356 e. The second-order valence-electron chi connectivity index (χ2n) is 6.71. The molecule has 3 atom stereocenters. The molecule has 2 N–H and O–H groups in total. The Morgan fingerprint density at radius 1 is 1.24 bits per heavy atom. The number of hydrogen-bond acceptors (Lipinski definition) is 2. The summed E-state index contributed by atoms with van der Waals surface area (Å²) in [6.07, 6.45) is 5.38. The molecule has 1 saturated heterocycles. The van der Waals surface area contributed by atoms with Gasteiger partial charge >= 0.3 is 0 Å². The predicted octanol–water partition coefficient (Wildman–Crippen LogP) is 2.30. The Bertz CT molecular complexity index is 492. The van der Waals surface area contributed by atoms with E-state index in [2.05, 4.69) is 41.8 Å². The molecule has 2 aliphatic rings. The minimum atomic E-state index is 0.162. The lowest BCUT2D eigenvalue weighted by atomic mass is 9.83. The molecule has 1 aliphatic carbocycles. The SMILES string of the molecule is CC1CCC(CNC(=O)C2CCc3ccccc3C2)CN1. The van der Waals surface area contributed by atoms with Gasteiger partial charge in [-0.15, -0.1) is 0 Å². The fourth-order valence-corrected chi connectivity index (χ4v) is 3.54. The molecule has 0 radical (unpaired) electrons. The molecule has 1 amide bonds. The van der Waals surface area contributed by atoms with Gasteiger partial charge in [-0.3, -0.25) is 4.79 Å². The Kier molecular flexibility index (Phi) is 4.59. The summed E-state index contributed by atoms with van der Waals surface area (Å²) in [7, 11) is 0. The Labute approximate surface area is 127 Å². The normalized spacial score (nSPS) is 28.7. The molecule has 1 fully saturated rings. The third kappa shape index (κ3) is 3.65. The van der Waals surface area contributed by atoms with Crippen molar-refractivity contribution >= 4 is 5.91 Å². The molecule has 0 spiro atoms. The monoisotopic (exact) mass is 286 g/mol. The van der Waals surface area contributed by atoms with Gasteiger partial charge in [0.25, 0.3) is 0 Å². The fourth-order valence-electron chi connectivity index (χ4n) is 3.54. The van der Waals surface area contributed by atoms with Crippen LogP contribution in [0.25, 0.3) is 0 Å². The molecule has 1 aromatic carbocycles. The van der Waals surface area contributed by atoms with E-state index in [0.29, 0.717) is 12.0 Å². The van der Waals surface area contributed by atoms with Gasteiger partial charge < -0.3 is 10.6 Å². The zero-order chi connectivity index (χ0) is 14.7. The molecule has 1 aromatic rings. The van der Waals surface area contributed by atoms with Gasteiger partial charge in [0, 0.05) is 18.5 Å². The Morgan fingerprint density at radius 3 is 2.81 bits per heavy atom. The second-order valence-corrected chi connectivity index (χ2v) is 6.71. The lowest BCUT2D eigenvalue weighted by Crippen LogP contribution is -2.43. The minimum Gasteiger partial charge on any atom is -0.356 e. The summed E-state index contributed by atoms with van der Waals surface area (Å²) in [5, 5.41) is 6.69. The first-order valence-electron chi connectivity index (χ1n) is 8.30. The summed E-state index contributed by atoms with van der Waals surface area (Å²) >= 11 is 0. The van der Waals surface area contributed by atoms with Crippen molar-refractivity contribution in [3.05, 3.63) is 35.4 Å². The topological polar surface area (TPSA) is 41.1 Å². The van der Waals surface area contributed by atoms with E-state index in [1.54, 1.807) is 0 Å². The van der Waals surface area contributed by atoms with Gasteiger partial charge in [0.1, 0.15) is 0 Å². The van der Waals surface area contributed by atoms with Crippen LogP contribution in [-0.2, 0) is 17.6 Å². The van der Waals surface area contributed by atoms with E-state index in [4.69, 9.17) is 0 Å². The summed E-state index contributed by atoms with van der Waals surface area (Å²) in [6, 6.07) is 9.16. The third-order valence-corrected chi connectivity index (χ3v) is 5.05. The third-order valence-electron chi connectivity index (χ3n) is 5.05. The number of aryl methyl sites for hydroxylation is 1. The average molecular weight is 286 g/mol. The summed E-state index contributed by atoms with van der Waals surface area (Å²) in [6.45, 7) is 4.10. The number of amides is 1. The standard InChI is InChI=1S/C18H26N2O/c1-13-6-7-14(11-19-13)12-20-18(21)17-9-8-15-4-2-3-5-16(15)10-17/h2-5,13-14,17,19H,6-12H2,1H3,(H,20,21). The van der Waals surface area contributed by atoms with Crippen molar-refractivity contribution in [2.24, 2.45) is 11.8 Å². The summed E-state index contributed by atoms with van der Waals surface area (Å²) in [5.74, 6) is 1.01. The first kappa shape index (κ1) is 14.6. The molecule has 0 saturated carbocycles. The van der Waals surface area contributed by atoms with Crippen molar-refractivity contribution in [3.8, 4) is 0 Å². The lowest BCUT2D eigenvalue weighted by molar-refractivity contribution is -0.125. The van der Waals surface area contributed by atoms with E-state index < -0.39 is 0 Å². The van der Waals surface area contributed by atoms with Crippen molar-refractivity contribution in [2.75, 3.05) is 13.1 Å². The van der Waals surface area contributed by atoms with Crippen molar-refractivity contribution in [3.63, 3.8) is 0 Å².